The van der Waals surface area contributed by atoms with Crippen LogP contribution in [0.25, 0.3) is 0 Å². The maximum Gasteiger partial charge on any atom is 0.255 e. The van der Waals surface area contributed by atoms with Crippen molar-refractivity contribution in [2.75, 3.05) is 6.54 Å². The number of hydrogen-bond acceptors (Lipinski definition) is 5. The summed E-state index contributed by atoms with van der Waals surface area (Å²) < 4.78 is 5.22. The molecular formula is C16H22N4O2. The lowest BCUT2D eigenvalue weighted by Gasteiger charge is -2.27. The monoisotopic (exact) mass is 302 g/mol. The molecule has 0 saturated carbocycles. The van der Waals surface area contributed by atoms with E-state index in [4.69, 9.17) is 4.52 Å². The first kappa shape index (κ1) is 15.0. The Balaban J connectivity index is 1.84. The zero-order chi connectivity index (χ0) is 15.9. The SMILES string of the molecule is Cc1noc(C)c1CN1CCc2nc(C(C)C)[nH]c(=O)c2C1. The van der Waals surface area contributed by atoms with Crippen LogP contribution in [0.1, 0.15) is 53.9 Å². The van der Waals surface area contributed by atoms with Crippen LogP contribution in [-0.2, 0) is 19.5 Å². The Hall–Kier alpha value is -1.95. The highest BCUT2D eigenvalue weighted by atomic mass is 16.5. The molecule has 0 aliphatic carbocycles. The van der Waals surface area contributed by atoms with E-state index in [0.717, 1.165) is 53.6 Å². The largest absolute Gasteiger partial charge is 0.361 e. The predicted molar refractivity (Wildman–Crippen MR) is 82.7 cm³/mol. The van der Waals surface area contributed by atoms with Gasteiger partial charge in [0.1, 0.15) is 11.6 Å². The van der Waals surface area contributed by atoms with Crippen LogP contribution >= 0.6 is 0 Å². The van der Waals surface area contributed by atoms with Gasteiger partial charge in [-0.05, 0) is 13.8 Å². The molecule has 1 aliphatic heterocycles. The van der Waals surface area contributed by atoms with Gasteiger partial charge in [0, 0.05) is 37.5 Å². The second-order valence-electron chi connectivity index (χ2n) is 6.29. The van der Waals surface area contributed by atoms with Gasteiger partial charge in [0.2, 0.25) is 0 Å². The predicted octanol–water partition coefficient (Wildman–Crippen LogP) is 2.06. The van der Waals surface area contributed by atoms with Crippen molar-refractivity contribution in [3.8, 4) is 0 Å². The van der Waals surface area contributed by atoms with Gasteiger partial charge in [0.25, 0.3) is 5.56 Å². The van der Waals surface area contributed by atoms with Crippen molar-refractivity contribution in [3.63, 3.8) is 0 Å². The van der Waals surface area contributed by atoms with E-state index in [1.165, 1.54) is 0 Å². The Kier molecular flexibility index (Phi) is 3.87. The van der Waals surface area contributed by atoms with Gasteiger partial charge in [0.05, 0.1) is 17.0 Å². The topological polar surface area (TPSA) is 75.0 Å². The van der Waals surface area contributed by atoms with Crippen molar-refractivity contribution in [3.05, 3.63) is 44.5 Å². The number of nitrogens with one attached hydrogen (secondary N) is 1. The van der Waals surface area contributed by atoms with E-state index >= 15 is 0 Å². The number of fused-ring (bicyclic) bond motifs is 1. The molecule has 118 valence electrons. The van der Waals surface area contributed by atoms with Gasteiger partial charge in [-0.1, -0.05) is 19.0 Å². The Labute approximate surface area is 129 Å². The second kappa shape index (κ2) is 5.68. The molecule has 0 bridgehead atoms. The van der Waals surface area contributed by atoms with Crippen LogP contribution in [0.15, 0.2) is 9.32 Å². The highest BCUT2D eigenvalue weighted by Crippen LogP contribution is 2.20. The summed E-state index contributed by atoms with van der Waals surface area (Å²) in [5, 5.41) is 3.99. The molecule has 0 radical (unpaired) electrons. The van der Waals surface area contributed by atoms with Crippen LogP contribution in [-0.4, -0.2) is 26.6 Å². The third-order valence-electron chi connectivity index (χ3n) is 4.28. The van der Waals surface area contributed by atoms with E-state index in [0.29, 0.717) is 6.54 Å². The van der Waals surface area contributed by atoms with Crippen LogP contribution < -0.4 is 5.56 Å². The van der Waals surface area contributed by atoms with E-state index in [-0.39, 0.29) is 11.5 Å². The number of aromatic nitrogens is 3. The molecule has 0 aromatic carbocycles. The standard InChI is InChI=1S/C16H22N4O2/c1-9(2)15-17-14-5-6-20(8-13(14)16(21)18-15)7-12-10(3)19-22-11(12)4/h9H,5-8H2,1-4H3,(H,17,18,21). The number of nitrogens with zero attached hydrogens (tertiary/aromatic N) is 3. The minimum absolute atomic E-state index is 0.00263. The normalized spacial score (nSPS) is 15.3. The van der Waals surface area contributed by atoms with Crippen LogP contribution in [0.3, 0.4) is 0 Å². The maximum absolute atomic E-state index is 12.3. The zero-order valence-corrected chi connectivity index (χ0v) is 13.6. The molecule has 0 unspecified atom stereocenters. The Morgan fingerprint density at radius 2 is 2.14 bits per heavy atom. The fourth-order valence-corrected chi connectivity index (χ4v) is 2.86. The molecule has 0 atom stereocenters. The molecule has 3 rings (SSSR count). The summed E-state index contributed by atoms with van der Waals surface area (Å²) in [6, 6.07) is 0. The summed E-state index contributed by atoms with van der Waals surface area (Å²) in [7, 11) is 0. The van der Waals surface area contributed by atoms with Gasteiger partial charge in [-0.3, -0.25) is 9.69 Å². The molecule has 0 spiro atoms. The second-order valence-corrected chi connectivity index (χ2v) is 6.29. The van der Waals surface area contributed by atoms with Gasteiger partial charge in [0.15, 0.2) is 0 Å². The number of rotatable bonds is 3. The lowest BCUT2D eigenvalue weighted by atomic mass is 10.0. The summed E-state index contributed by atoms with van der Waals surface area (Å²) in [6.45, 7) is 10.2. The Morgan fingerprint density at radius 1 is 1.36 bits per heavy atom. The smallest absolute Gasteiger partial charge is 0.255 e. The Morgan fingerprint density at radius 3 is 2.77 bits per heavy atom. The maximum atomic E-state index is 12.3. The van der Waals surface area contributed by atoms with Gasteiger partial charge in [-0.15, -0.1) is 0 Å². The fourth-order valence-electron chi connectivity index (χ4n) is 2.86. The molecule has 22 heavy (non-hydrogen) atoms. The van der Waals surface area contributed by atoms with Crippen molar-refractivity contribution in [1.29, 1.82) is 0 Å². The summed E-state index contributed by atoms with van der Waals surface area (Å²) in [4.78, 5) is 22.1. The lowest BCUT2D eigenvalue weighted by Crippen LogP contribution is -2.36. The van der Waals surface area contributed by atoms with Crippen molar-refractivity contribution in [2.45, 2.75) is 53.1 Å². The first-order valence-electron chi connectivity index (χ1n) is 7.71. The molecule has 0 fully saturated rings. The van der Waals surface area contributed by atoms with Crippen molar-refractivity contribution < 1.29 is 4.52 Å². The highest BCUT2D eigenvalue weighted by Gasteiger charge is 2.23. The first-order valence-corrected chi connectivity index (χ1v) is 7.71. The van der Waals surface area contributed by atoms with E-state index in [1.807, 2.05) is 27.7 Å². The van der Waals surface area contributed by atoms with E-state index in [2.05, 4.69) is 20.0 Å². The molecule has 2 aromatic rings. The summed E-state index contributed by atoms with van der Waals surface area (Å²) in [5.41, 5.74) is 3.78. The lowest BCUT2D eigenvalue weighted by molar-refractivity contribution is 0.239. The van der Waals surface area contributed by atoms with E-state index in [1.54, 1.807) is 0 Å². The number of aromatic amines is 1. The molecule has 0 saturated heterocycles. The average Bonchev–Trinajstić information content (AvgIpc) is 2.79. The first-order chi connectivity index (χ1) is 10.5. The fraction of sp³-hybridized carbons (Fsp3) is 0.562. The molecule has 6 heteroatoms. The van der Waals surface area contributed by atoms with Crippen molar-refractivity contribution in [2.24, 2.45) is 0 Å². The average molecular weight is 302 g/mol. The van der Waals surface area contributed by atoms with E-state index < -0.39 is 0 Å². The summed E-state index contributed by atoms with van der Waals surface area (Å²) >= 11 is 0. The number of hydrogen-bond donors (Lipinski definition) is 1. The molecule has 1 aliphatic rings. The molecular weight excluding hydrogens is 280 g/mol. The van der Waals surface area contributed by atoms with Gasteiger partial charge >= 0.3 is 0 Å². The van der Waals surface area contributed by atoms with Crippen LogP contribution in [0, 0.1) is 13.8 Å². The number of aryl methyl sites for hydroxylation is 2. The van der Waals surface area contributed by atoms with Crippen LogP contribution in [0.4, 0.5) is 0 Å². The van der Waals surface area contributed by atoms with Gasteiger partial charge in [-0.25, -0.2) is 4.98 Å². The third kappa shape index (κ3) is 2.70. The number of H-pyrrole nitrogens is 1. The molecule has 3 heterocycles. The van der Waals surface area contributed by atoms with Crippen LogP contribution in [0.2, 0.25) is 0 Å². The Bertz CT molecular complexity index is 726. The van der Waals surface area contributed by atoms with Gasteiger partial charge < -0.3 is 9.51 Å². The summed E-state index contributed by atoms with van der Waals surface area (Å²) in [5.74, 6) is 1.87. The van der Waals surface area contributed by atoms with Gasteiger partial charge in [-0.2, -0.15) is 0 Å². The molecule has 2 aromatic heterocycles. The minimum Gasteiger partial charge on any atom is -0.361 e. The van der Waals surface area contributed by atoms with Crippen molar-refractivity contribution in [1.82, 2.24) is 20.0 Å². The summed E-state index contributed by atoms with van der Waals surface area (Å²) in [6.07, 6.45) is 0.808. The highest BCUT2D eigenvalue weighted by molar-refractivity contribution is 5.24. The molecule has 1 N–H and O–H groups in total. The van der Waals surface area contributed by atoms with Crippen molar-refractivity contribution >= 4 is 0 Å². The minimum atomic E-state index is -0.00263. The molecule has 0 amide bonds. The zero-order valence-electron chi connectivity index (χ0n) is 13.6. The van der Waals surface area contributed by atoms with E-state index in [9.17, 15) is 4.79 Å². The quantitative estimate of drug-likeness (QED) is 0.939. The molecule has 6 nitrogen and oxygen atoms in total. The third-order valence-corrected chi connectivity index (χ3v) is 4.28. The van der Waals surface area contributed by atoms with Crippen LogP contribution in [0.5, 0.6) is 0 Å².